The van der Waals surface area contributed by atoms with E-state index in [0.29, 0.717) is 19.3 Å². The van der Waals surface area contributed by atoms with E-state index in [4.69, 9.17) is 14.2 Å². The summed E-state index contributed by atoms with van der Waals surface area (Å²) < 4.78 is 17.0. The van der Waals surface area contributed by atoms with Gasteiger partial charge in [0.2, 0.25) is 0 Å². The Hall–Kier alpha value is -3.41. The van der Waals surface area contributed by atoms with Crippen LogP contribution in [0.2, 0.25) is 0 Å². The molecule has 0 bridgehead atoms. The van der Waals surface area contributed by atoms with E-state index in [1.54, 1.807) is 0 Å². The first-order chi connectivity index (χ1) is 40.5. The van der Waals surface area contributed by atoms with Crippen LogP contribution in [0.3, 0.4) is 0 Å². The van der Waals surface area contributed by atoms with Gasteiger partial charge in [-0.25, -0.2) is 0 Å². The minimum absolute atomic E-state index is 0.0811. The molecule has 82 heavy (non-hydrogen) atoms. The Morgan fingerprint density at radius 2 is 0.451 bits per heavy atom. The van der Waals surface area contributed by atoms with Crippen molar-refractivity contribution in [2.75, 3.05) is 13.2 Å². The van der Waals surface area contributed by atoms with Crippen molar-refractivity contribution >= 4 is 17.9 Å². The molecule has 0 saturated carbocycles. The van der Waals surface area contributed by atoms with Crippen molar-refractivity contribution in [2.45, 2.75) is 367 Å². The van der Waals surface area contributed by atoms with Gasteiger partial charge in [0, 0.05) is 19.3 Å². The van der Waals surface area contributed by atoms with Gasteiger partial charge in [-0.3, -0.25) is 14.4 Å². The molecule has 1 atom stereocenters. The molecule has 0 aromatic carbocycles. The molecule has 0 aliphatic carbocycles. The van der Waals surface area contributed by atoms with Crippen molar-refractivity contribution in [3.05, 3.63) is 85.1 Å². The molecule has 0 radical (unpaired) electrons. The molecule has 0 fully saturated rings. The van der Waals surface area contributed by atoms with Crippen LogP contribution in [0.5, 0.6) is 0 Å². The smallest absolute Gasteiger partial charge is 0.306 e. The van der Waals surface area contributed by atoms with Crippen LogP contribution in [-0.2, 0) is 28.6 Å². The second kappa shape index (κ2) is 70.1. The van der Waals surface area contributed by atoms with Gasteiger partial charge in [-0.2, -0.15) is 0 Å². The van der Waals surface area contributed by atoms with E-state index in [2.05, 4.69) is 106 Å². The van der Waals surface area contributed by atoms with E-state index in [0.717, 1.165) is 96.3 Å². The number of ether oxygens (including phenoxy) is 3. The van der Waals surface area contributed by atoms with Crippen molar-refractivity contribution in [1.82, 2.24) is 0 Å². The first-order valence-electron chi connectivity index (χ1n) is 35.6. The zero-order chi connectivity index (χ0) is 59.2. The van der Waals surface area contributed by atoms with Gasteiger partial charge in [-0.05, 0) is 116 Å². The van der Waals surface area contributed by atoms with Gasteiger partial charge >= 0.3 is 17.9 Å². The number of unbranched alkanes of at least 4 members (excludes halogenated alkanes) is 40. The summed E-state index contributed by atoms with van der Waals surface area (Å²) in [6.07, 6.45) is 93.2. The maximum atomic E-state index is 13.0. The van der Waals surface area contributed by atoms with Crippen molar-refractivity contribution in [3.8, 4) is 0 Å². The lowest BCUT2D eigenvalue weighted by molar-refractivity contribution is -0.167. The molecule has 1 unspecified atom stereocenters. The Labute approximate surface area is 509 Å². The Morgan fingerprint density at radius 3 is 0.720 bits per heavy atom. The number of allylic oxidation sites excluding steroid dienone is 14. The fourth-order valence-corrected chi connectivity index (χ4v) is 10.2. The van der Waals surface area contributed by atoms with Crippen LogP contribution in [0.25, 0.3) is 0 Å². The highest BCUT2D eigenvalue weighted by atomic mass is 16.6. The van der Waals surface area contributed by atoms with Crippen LogP contribution in [0, 0.1) is 0 Å². The molecule has 0 heterocycles. The summed E-state index contributed by atoms with van der Waals surface area (Å²) in [4.78, 5) is 38.4. The average Bonchev–Trinajstić information content (AvgIpc) is 3.48. The quantitative estimate of drug-likeness (QED) is 0.0261. The molecule has 0 aliphatic rings. The van der Waals surface area contributed by atoms with Crippen molar-refractivity contribution < 1.29 is 28.6 Å². The van der Waals surface area contributed by atoms with Crippen LogP contribution in [0.1, 0.15) is 361 Å². The van der Waals surface area contributed by atoms with Crippen LogP contribution in [0.4, 0.5) is 0 Å². The van der Waals surface area contributed by atoms with Gasteiger partial charge < -0.3 is 14.2 Å². The van der Waals surface area contributed by atoms with Crippen molar-refractivity contribution in [1.29, 1.82) is 0 Å². The molecule has 0 aromatic rings. The van der Waals surface area contributed by atoms with Gasteiger partial charge in [-0.15, -0.1) is 0 Å². The average molecular weight is 1140 g/mol. The lowest BCUT2D eigenvalue weighted by Crippen LogP contribution is -2.30. The zero-order valence-corrected chi connectivity index (χ0v) is 54.5. The van der Waals surface area contributed by atoms with Gasteiger partial charge in [0.15, 0.2) is 6.10 Å². The van der Waals surface area contributed by atoms with Crippen LogP contribution in [-0.4, -0.2) is 37.2 Å². The third kappa shape index (κ3) is 67.4. The summed E-state index contributed by atoms with van der Waals surface area (Å²) in [5.41, 5.74) is 0. The van der Waals surface area contributed by atoms with E-state index in [9.17, 15) is 14.4 Å². The summed E-state index contributed by atoms with van der Waals surface area (Å²) in [5, 5.41) is 0. The maximum absolute atomic E-state index is 13.0. The number of rotatable bonds is 65. The first kappa shape index (κ1) is 78.6. The lowest BCUT2D eigenvalue weighted by Gasteiger charge is -2.18. The highest BCUT2D eigenvalue weighted by molar-refractivity contribution is 5.71. The monoisotopic (exact) mass is 1140 g/mol. The fourth-order valence-electron chi connectivity index (χ4n) is 10.2. The zero-order valence-electron chi connectivity index (χ0n) is 54.5. The van der Waals surface area contributed by atoms with E-state index in [-0.39, 0.29) is 31.1 Å². The molecule has 0 aliphatic heterocycles. The largest absolute Gasteiger partial charge is 0.462 e. The number of carbonyl (C=O) groups excluding carboxylic acids is 3. The second-order valence-electron chi connectivity index (χ2n) is 23.8. The van der Waals surface area contributed by atoms with E-state index in [1.165, 1.54) is 225 Å². The van der Waals surface area contributed by atoms with Gasteiger partial charge in [0.1, 0.15) is 13.2 Å². The number of hydrogen-bond donors (Lipinski definition) is 0. The SMILES string of the molecule is CCCC/C=C\C/C=C\CCCCCCCC(=O)OCC(COC(=O)CCCCCCCCCCCCCCCC/C=C\C/C=C\C/C=C\CCCCCCC)OC(=O)CCCCCCCCCCC/C=C\C/C=C\CCCCCCC. The van der Waals surface area contributed by atoms with Crippen molar-refractivity contribution in [2.24, 2.45) is 0 Å². The molecule has 6 nitrogen and oxygen atoms in total. The topological polar surface area (TPSA) is 78.9 Å². The van der Waals surface area contributed by atoms with Crippen LogP contribution < -0.4 is 0 Å². The molecular weight excluding hydrogens is 1010 g/mol. The summed E-state index contributed by atoms with van der Waals surface area (Å²) in [5.74, 6) is -0.883. The Bertz CT molecular complexity index is 1550. The van der Waals surface area contributed by atoms with E-state index >= 15 is 0 Å². The predicted octanol–water partition coefficient (Wildman–Crippen LogP) is 24.6. The van der Waals surface area contributed by atoms with E-state index < -0.39 is 6.10 Å². The third-order valence-corrected chi connectivity index (χ3v) is 15.6. The molecule has 0 aromatic heterocycles. The number of carbonyl (C=O) groups is 3. The minimum atomic E-state index is -0.787. The third-order valence-electron chi connectivity index (χ3n) is 15.6. The standard InChI is InChI=1S/C76H134O6/c1-4-7-10-13-16-19-22-25-28-30-32-34-35-36-37-38-39-40-41-43-44-46-48-51-54-57-60-63-66-69-75(78)81-72-73(71-80-74(77)68-65-62-59-56-53-50-27-24-21-18-15-12-9-6-3)82-76(79)70-67-64-61-58-55-52-49-47-45-42-33-31-29-26-23-20-17-14-11-8-5-2/h15,18,22-27,30-33,35-36,73H,4-14,16-17,19-21,28-29,34,37-72H2,1-3H3/b18-15-,25-22-,26-23-,27-24-,32-30-,33-31-,36-35-. The number of hydrogen-bond acceptors (Lipinski definition) is 6. The maximum Gasteiger partial charge on any atom is 0.306 e. The fraction of sp³-hybridized carbons (Fsp3) is 0.776. The Morgan fingerprint density at radius 1 is 0.244 bits per heavy atom. The highest BCUT2D eigenvalue weighted by Crippen LogP contribution is 2.17. The molecule has 474 valence electrons. The molecule has 0 N–H and O–H groups in total. The minimum Gasteiger partial charge on any atom is -0.462 e. The second-order valence-corrected chi connectivity index (χ2v) is 23.8. The molecule has 0 amide bonds. The normalized spacial score (nSPS) is 12.6. The summed E-state index contributed by atoms with van der Waals surface area (Å²) in [6, 6.07) is 0. The molecule has 0 rings (SSSR count). The molecule has 0 saturated heterocycles. The van der Waals surface area contributed by atoms with Gasteiger partial charge in [0.05, 0.1) is 0 Å². The molecule has 6 heteroatoms. The highest BCUT2D eigenvalue weighted by Gasteiger charge is 2.19. The lowest BCUT2D eigenvalue weighted by atomic mass is 10.0. The van der Waals surface area contributed by atoms with Crippen LogP contribution in [0.15, 0.2) is 85.1 Å². The summed E-state index contributed by atoms with van der Waals surface area (Å²) in [7, 11) is 0. The summed E-state index contributed by atoms with van der Waals surface area (Å²) in [6.45, 7) is 6.61. The predicted molar refractivity (Wildman–Crippen MR) is 358 cm³/mol. The van der Waals surface area contributed by atoms with Gasteiger partial charge in [-0.1, -0.05) is 311 Å². The molecule has 0 spiro atoms. The van der Waals surface area contributed by atoms with Gasteiger partial charge in [0.25, 0.3) is 0 Å². The van der Waals surface area contributed by atoms with Crippen LogP contribution >= 0.6 is 0 Å². The Kier molecular flexibility index (Phi) is 67.2. The first-order valence-corrected chi connectivity index (χ1v) is 35.6. The van der Waals surface area contributed by atoms with Crippen molar-refractivity contribution in [3.63, 3.8) is 0 Å². The Balaban J connectivity index is 4.28. The summed E-state index contributed by atoms with van der Waals surface area (Å²) >= 11 is 0. The number of esters is 3. The molecular formula is C76H134O6. The van der Waals surface area contributed by atoms with E-state index in [1.807, 2.05) is 0 Å².